The smallest absolute Gasteiger partial charge is 0.337 e. The molecule has 1 aliphatic heterocycles. The summed E-state index contributed by atoms with van der Waals surface area (Å²) >= 11 is 3.34. The van der Waals surface area contributed by atoms with E-state index in [-0.39, 0.29) is 30.2 Å². The molecule has 46 heavy (non-hydrogen) atoms. The molecule has 0 saturated heterocycles. The lowest BCUT2D eigenvalue weighted by atomic mass is 9.95. The molecule has 14 nitrogen and oxygen atoms in total. The van der Waals surface area contributed by atoms with E-state index < -0.39 is 29.2 Å². The summed E-state index contributed by atoms with van der Waals surface area (Å²) in [5.74, 6) is 0.0924. The highest BCUT2D eigenvalue weighted by molar-refractivity contribution is 9.10. The van der Waals surface area contributed by atoms with Gasteiger partial charge in [-0.15, -0.1) is 0 Å². The second kappa shape index (κ2) is 15.7. The minimum atomic E-state index is -1.27. The number of rotatable bonds is 14. The SMILES string of the molecule is CCOc1cc([C@H]2NC(=O)NC(C)=C2C(=O)OC)ccc1OC[C@H](O)N/N=C/c1cc(Br)c(OCc2ccccc2)c([N+](=O)[O-])c1. The fraction of sp³-hybridized carbons (Fsp3) is 0.258. The highest BCUT2D eigenvalue weighted by atomic mass is 79.9. The van der Waals surface area contributed by atoms with Crippen molar-refractivity contribution in [2.45, 2.75) is 32.7 Å². The number of amides is 2. The quantitative estimate of drug-likeness (QED) is 0.0617. The third-order valence-electron chi connectivity index (χ3n) is 6.58. The van der Waals surface area contributed by atoms with Gasteiger partial charge >= 0.3 is 17.7 Å². The zero-order chi connectivity index (χ0) is 33.2. The topological polar surface area (TPSA) is 183 Å². The minimum Gasteiger partial charge on any atom is -0.490 e. The molecule has 1 heterocycles. The summed E-state index contributed by atoms with van der Waals surface area (Å²) in [4.78, 5) is 35.8. The second-order valence-electron chi connectivity index (χ2n) is 9.80. The minimum absolute atomic E-state index is 0.0822. The summed E-state index contributed by atoms with van der Waals surface area (Å²) in [5, 5.41) is 31.4. The summed E-state index contributed by atoms with van der Waals surface area (Å²) in [6.07, 6.45) is 0.0434. The van der Waals surface area contributed by atoms with E-state index in [9.17, 15) is 24.8 Å². The van der Waals surface area contributed by atoms with Gasteiger partial charge in [0.25, 0.3) is 0 Å². The zero-order valence-corrected chi connectivity index (χ0v) is 26.7. The van der Waals surface area contributed by atoms with Gasteiger partial charge in [0.05, 0.1) is 40.9 Å². The van der Waals surface area contributed by atoms with Crippen LogP contribution in [-0.2, 0) is 16.1 Å². The van der Waals surface area contributed by atoms with Crippen molar-refractivity contribution in [3.05, 3.63) is 103 Å². The number of benzene rings is 3. The van der Waals surface area contributed by atoms with Gasteiger partial charge in [-0.05, 0) is 59.1 Å². The molecular formula is C31H32BrN5O9. The molecule has 0 aliphatic carbocycles. The first kappa shape index (κ1) is 33.7. The van der Waals surface area contributed by atoms with Crippen LogP contribution < -0.4 is 30.3 Å². The van der Waals surface area contributed by atoms with Crippen LogP contribution in [0, 0.1) is 10.1 Å². The molecule has 0 bridgehead atoms. The number of halogens is 1. The van der Waals surface area contributed by atoms with E-state index in [1.165, 1.54) is 19.4 Å². The number of carbonyl (C=O) groups is 2. The number of urea groups is 1. The summed E-state index contributed by atoms with van der Waals surface area (Å²) in [5.41, 5.74) is 4.64. The Morgan fingerprint density at radius 2 is 1.91 bits per heavy atom. The maximum atomic E-state index is 12.4. The number of esters is 1. The van der Waals surface area contributed by atoms with Gasteiger partial charge in [0.2, 0.25) is 5.75 Å². The standard InChI is InChI=1S/C31H32BrN5O9/c1-4-44-25-14-21(28-27(30(39)43-3)18(2)34-31(40)35-28)10-11-24(25)45-17-26(38)36-33-15-20-12-22(32)29(23(13-20)37(41)42)46-16-19-8-6-5-7-9-19/h5-15,26,28,36,38H,4,16-17H2,1-3H3,(H2,34,35,40)/b33-15+/t26-,28+/m0/s1. The molecule has 1 aliphatic rings. The van der Waals surface area contributed by atoms with Crippen LogP contribution in [0.25, 0.3) is 0 Å². The third kappa shape index (κ3) is 8.51. The van der Waals surface area contributed by atoms with E-state index in [1.54, 1.807) is 38.1 Å². The average Bonchev–Trinajstić information content (AvgIpc) is 3.03. The normalized spacial score (nSPS) is 15.1. The molecule has 15 heteroatoms. The zero-order valence-electron chi connectivity index (χ0n) is 25.1. The molecule has 0 saturated carbocycles. The van der Waals surface area contributed by atoms with E-state index in [0.717, 1.165) is 5.56 Å². The molecule has 3 aromatic rings. The lowest BCUT2D eigenvalue weighted by Crippen LogP contribution is -2.45. The number of hydrazone groups is 1. The van der Waals surface area contributed by atoms with Crippen molar-refractivity contribution in [2.75, 3.05) is 20.3 Å². The Balaban J connectivity index is 1.41. The fourth-order valence-corrected chi connectivity index (χ4v) is 5.08. The van der Waals surface area contributed by atoms with Gasteiger partial charge in [-0.3, -0.25) is 15.5 Å². The lowest BCUT2D eigenvalue weighted by molar-refractivity contribution is -0.386. The Morgan fingerprint density at radius 1 is 1.15 bits per heavy atom. The number of methoxy groups -OCH3 is 1. The monoisotopic (exact) mass is 697 g/mol. The lowest BCUT2D eigenvalue weighted by Gasteiger charge is -2.28. The highest BCUT2D eigenvalue weighted by Crippen LogP contribution is 2.37. The van der Waals surface area contributed by atoms with Crippen LogP contribution >= 0.6 is 15.9 Å². The van der Waals surface area contributed by atoms with Crippen molar-refractivity contribution in [1.82, 2.24) is 16.1 Å². The Hall–Kier alpha value is -5.15. The average molecular weight is 699 g/mol. The van der Waals surface area contributed by atoms with Crippen molar-refractivity contribution in [2.24, 2.45) is 5.10 Å². The summed E-state index contributed by atoms with van der Waals surface area (Å²) in [6.45, 7) is 3.58. The number of nitro benzene ring substituents is 1. The maximum Gasteiger partial charge on any atom is 0.337 e. The Bertz CT molecular complexity index is 1650. The van der Waals surface area contributed by atoms with E-state index >= 15 is 0 Å². The molecular weight excluding hydrogens is 666 g/mol. The van der Waals surface area contributed by atoms with Crippen LogP contribution in [0.1, 0.15) is 36.6 Å². The number of ether oxygens (including phenoxy) is 4. The van der Waals surface area contributed by atoms with Gasteiger partial charge in [0.15, 0.2) is 17.7 Å². The number of hydrogen-bond donors (Lipinski definition) is 4. The van der Waals surface area contributed by atoms with Gasteiger partial charge in [-0.1, -0.05) is 36.4 Å². The molecule has 0 radical (unpaired) electrons. The maximum absolute atomic E-state index is 12.4. The van der Waals surface area contributed by atoms with Gasteiger partial charge in [0, 0.05) is 17.3 Å². The molecule has 0 fully saturated rings. The van der Waals surface area contributed by atoms with Gasteiger partial charge in [-0.25, -0.2) is 9.59 Å². The van der Waals surface area contributed by atoms with Crippen LogP contribution in [0.4, 0.5) is 10.5 Å². The van der Waals surface area contributed by atoms with Crippen molar-refractivity contribution < 1.29 is 38.6 Å². The fourth-order valence-electron chi connectivity index (χ4n) is 4.50. The largest absolute Gasteiger partial charge is 0.490 e. The number of nitrogens with zero attached hydrogens (tertiary/aromatic N) is 2. The van der Waals surface area contributed by atoms with Crippen LogP contribution in [0.3, 0.4) is 0 Å². The molecule has 4 N–H and O–H groups in total. The van der Waals surface area contributed by atoms with Crippen molar-refractivity contribution >= 4 is 39.8 Å². The summed E-state index contributed by atoms with van der Waals surface area (Å²) in [6, 6.07) is 15.8. The van der Waals surface area contributed by atoms with Gasteiger partial charge in [0.1, 0.15) is 13.2 Å². The number of aliphatic hydroxyl groups excluding tert-OH is 1. The molecule has 2 amide bonds. The summed E-state index contributed by atoms with van der Waals surface area (Å²) in [7, 11) is 1.25. The van der Waals surface area contributed by atoms with E-state index in [4.69, 9.17) is 18.9 Å². The van der Waals surface area contributed by atoms with Crippen molar-refractivity contribution in [3.63, 3.8) is 0 Å². The van der Waals surface area contributed by atoms with Crippen molar-refractivity contribution in [1.29, 1.82) is 0 Å². The second-order valence-corrected chi connectivity index (χ2v) is 10.7. The molecule has 0 aromatic heterocycles. The molecule has 2 atom stereocenters. The number of allylic oxidation sites excluding steroid dienone is 1. The third-order valence-corrected chi connectivity index (χ3v) is 7.17. The Morgan fingerprint density at radius 3 is 2.61 bits per heavy atom. The van der Waals surface area contributed by atoms with Gasteiger partial charge < -0.3 is 34.7 Å². The predicted octanol–water partition coefficient (Wildman–Crippen LogP) is 4.46. The van der Waals surface area contributed by atoms with Gasteiger partial charge in [-0.2, -0.15) is 5.10 Å². The molecule has 3 aromatic carbocycles. The van der Waals surface area contributed by atoms with E-state index in [2.05, 4.69) is 37.1 Å². The molecule has 0 spiro atoms. The number of aliphatic hydroxyl groups is 1. The van der Waals surface area contributed by atoms with Crippen molar-refractivity contribution in [3.8, 4) is 17.2 Å². The number of nitrogens with one attached hydrogen (secondary N) is 3. The summed E-state index contributed by atoms with van der Waals surface area (Å²) < 4.78 is 22.5. The first-order valence-electron chi connectivity index (χ1n) is 14.0. The van der Waals surface area contributed by atoms with Crippen LogP contribution in [0.5, 0.6) is 17.2 Å². The van der Waals surface area contributed by atoms with Crippen LogP contribution in [-0.4, -0.2) is 54.8 Å². The number of carbonyl (C=O) groups excluding carboxylic acids is 2. The highest BCUT2D eigenvalue weighted by Gasteiger charge is 2.32. The van der Waals surface area contributed by atoms with E-state index in [0.29, 0.717) is 39.4 Å². The number of hydrogen-bond acceptors (Lipinski definition) is 11. The predicted molar refractivity (Wildman–Crippen MR) is 171 cm³/mol. The Kier molecular flexibility index (Phi) is 11.5. The van der Waals surface area contributed by atoms with E-state index in [1.807, 2.05) is 30.3 Å². The Labute approximate surface area is 272 Å². The van der Waals surface area contributed by atoms with Crippen LogP contribution in [0.15, 0.2) is 81.5 Å². The molecule has 242 valence electrons. The molecule has 0 unspecified atom stereocenters. The number of nitro groups is 1. The van der Waals surface area contributed by atoms with Crippen LogP contribution in [0.2, 0.25) is 0 Å². The first-order valence-corrected chi connectivity index (χ1v) is 14.8. The first-order chi connectivity index (χ1) is 22.1. The molecule has 4 rings (SSSR count).